The lowest BCUT2D eigenvalue weighted by Crippen LogP contribution is -2.32. The molecular weight excluding hydrogens is 260 g/mol. The predicted octanol–water partition coefficient (Wildman–Crippen LogP) is 3.61. The Morgan fingerprint density at radius 2 is 1.86 bits per heavy atom. The average Bonchev–Trinajstić information content (AvgIpc) is 2.53. The maximum Gasteiger partial charge on any atom is 0.119 e. The summed E-state index contributed by atoms with van der Waals surface area (Å²) in [6.07, 6.45) is 5.43. The highest BCUT2D eigenvalue weighted by Crippen LogP contribution is 2.17. The Kier molecular flexibility index (Phi) is 7.04. The molecule has 0 bridgehead atoms. The first-order chi connectivity index (χ1) is 10.3. The summed E-state index contributed by atoms with van der Waals surface area (Å²) in [6, 6.07) is 8.85. The molecule has 1 saturated heterocycles. The third-order valence-corrected chi connectivity index (χ3v) is 4.24. The van der Waals surface area contributed by atoms with Gasteiger partial charge in [-0.15, -0.1) is 0 Å². The first kappa shape index (κ1) is 16.3. The van der Waals surface area contributed by atoms with Crippen LogP contribution < -0.4 is 10.1 Å². The minimum atomic E-state index is 0.405. The molecule has 0 spiro atoms. The molecule has 1 unspecified atom stereocenters. The molecule has 1 aromatic carbocycles. The van der Waals surface area contributed by atoms with E-state index in [0.29, 0.717) is 6.04 Å². The molecule has 1 N–H and O–H groups in total. The average molecular weight is 290 g/mol. The Morgan fingerprint density at radius 1 is 1.14 bits per heavy atom. The molecule has 0 radical (unpaired) electrons. The SMILES string of the molecule is CCOc1ccc(C(C)NCCCN2CCCCC2)cc1. The first-order valence-corrected chi connectivity index (χ1v) is 8.48. The summed E-state index contributed by atoms with van der Waals surface area (Å²) in [4.78, 5) is 2.60. The van der Waals surface area contributed by atoms with E-state index in [1.54, 1.807) is 0 Å². The fraction of sp³-hybridized carbons (Fsp3) is 0.667. The highest BCUT2D eigenvalue weighted by atomic mass is 16.5. The van der Waals surface area contributed by atoms with Crippen LogP contribution in [0.25, 0.3) is 0 Å². The van der Waals surface area contributed by atoms with Gasteiger partial charge in [-0.2, -0.15) is 0 Å². The number of hydrogen-bond acceptors (Lipinski definition) is 3. The lowest BCUT2D eigenvalue weighted by atomic mass is 10.1. The number of rotatable bonds is 8. The molecule has 1 aliphatic heterocycles. The molecule has 1 heterocycles. The van der Waals surface area contributed by atoms with Crippen LogP contribution in [0, 0.1) is 0 Å². The number of ether oxygens (including phenoxy) is 1. The second-order valence-electron chi connectivity index (χ2n) is 5.93. The van der Waals surface area contributed by atoms with Gasteiger partial charge in [0.15, 0.2) is 0 Å². The van der Waals surface area contributed by atoms with Crippen molar-refractivity contribution in [3.05, 3.63) is 29.8 Å². The Bertz CT molecular complexity index is 385. The Morgan fingerprint density at radius 3 is 2.52 bits per heavy atom. The van der Waals surface area contributed by atoms with Crippen LogP contribution in [0.2, 0.25) is 0 Å². The Hall–Kier alpha value is -1.06. The van der Waals surface area contributed by atoms with E-state index in [-0.39, 0.29) is 0 Å². The second kappa shape index (κ2) is 9.06. The Balaban J connectivity index is 1.65. The van der Waals surface area contributed by atoms with E-state index in [2.05, 4.69) is 41.4 Å². The van der Waals surface area contributed by atoms with Crippen LogP contribution in [0.4, 0.5) is 0 Å². The topological polar surface area (TPSA) is 24.5 Å². The van der Waals surface area contributed by atoms with Crippen molar-refractivity contribution >= 4 is 0 Å². The van der Waals surface area contributed by atoms with E-state index < -0.39 is 0 Å². The first-order valence-electron chi connectivity index (χ1n) is 8.48. The van der Waals surface area contributed by atoms with Gasteiger partial charge in [-0.25, -0.2) is 0 Å². The molecule has 21 heavy (non-hydrogen) atoms. The van der Waals surface area contributed by atoms with Gasteiger partial charge in [-0.1, -0.05) is 18.6 Å². The molecule has 1 atom stereocenters. The van der Waals surface area contributed by atoms with Crippen LogP contribution in [-0.2, 0) is 0 Å². The highest BCUT2D eigenvalue weighted by Gasteiger charge is 2.09. The van der Waals surface area contributed by atoms with Crippen molar-refractivity contribution in [2.45, 2.75) is 45.6 Å². The fourth-order valence-electron chi connectivity index (χ4n) is 2.94. The summed E-state index contributed by atoms with van der Waals surface area (Å²) in [7, 11) is 0. The number of likely N-dealkylation sites (tertiary alicyclic amines) is 1. The minimum absolute atomic E-state index is 0.405. The van der Waals surface area contributed by atoms with E-state index in [1.807, 2.05) is 6.92 Å². The van der Waals surface area contributed by atoms with Gasteiger partial charge in [0.2, 0.25) is 0 Å². The van der Waals surface area contributed by atoms with Gasteiger partial charge in [-0.3, -0.25) is 0 Å². The zero-order valence-electron chi connectivity index (χ0n) is 13.6. The van der Waals surface area contributed by atoms with E-state index in [1.165, 1.54) is 50.9 Å². The van der Waals surface area contributed by atoms with Crippen molar-refractivity contribution in [3.63, 3.8) is 0 Å². The molecule has 1 fully saturated rings. The summed E-state index contributed by atoms with van der Waals surface area (Å²) in [5.74, 6) is 0.957. The van der Waals surface area contributed by atoms with Crippen molar-refractivity contribution in [2.75, 3.05) is 32.8 Å². The second-order valence-corrected chi connectivity index (χ2v) is 5.93. The highest BCUT2D eigenvalue weighted by molar-refractivity contribution is 5.28. The standard InChI is InChI=1S/C18H30N2O/c1-3-21-18-10-8-17(9-11-18)16(2)19-12-7-15-20-13-5-4-6-14-20/h8-11,16,19H,3-7,12-15H2,1-2H3. The third kappa shape index (κ3) is 5.68. The quantitative estimate of drug-likeness (QED) is 0.740. The van der Waals surface area contributed by atoms with E-state index in [4.69, 9.17) is 4.74 Å². The van der Waals surface area contributed by atoms with Crippen LogP contribution in [0.3, 0.4) is 0 Å². The van der Waals surface area contributed by atoms with Gasteiger partial charge in [0.1, 0.15) is 5.75 Å². The van der Waals surface area contributed by atoms with Crippen LogP contribution in [0.15, 0.2) is 24.3 Å². The number of nitrogens with zero attached hydrogens (tertiary/aromatic N) is 1. The van der Waals surface area contributed by atoms with Crippen molar-refractivity contribution in [2.24, 2.45) is 0 Å². The van der Waals surface area contributed by atoms with Crippen molar-refractivity contribution in [3.8, 4) is 5.75 Å². The molecule has 0 aliphatic carbocycles. The van der Waals surface area contributed by atoms with Gasteiger partial charge in [0.05, 0.1) is 6.61 Å². The number of nitrogens with one attached hydrogen (secondary N) is 1. The zero-order valence-corrected chi connectivity index (χ0v) is 13.6. The van der Waals surface area contributed by atoms with Crippen molar-refractivity contribution in [1.29, 1.82) is 0 Å². The molecular formula is C18H30N2O. The van der Waals surface area contributed by atoms with Gasteiger partial charge in [0, 0.05) is 6.04 Å². The van der Waals surface area contributed by atoms with Crippen LogP contribution in [0.5, 0.6) is 5.75 Å². The number of piperidine rings is 1. The van der Waals surface area contributed by atoms with E-state index in [9.17, 15) is 0 Å². The van der Waals surface area contributed by atoms with Crippen molar-refractivity contribution in [1.82, 2.24) is 10.2 Å². The molecule has 0 amide bonds. The zero-order chi connectivity index (χ0) is 14.9. The minimum Gasteiger partial charge on any atom is -0.494 e. The van der Waals surface area contributed by atoms with Crippen LogP contribution in [-0.4, -0.2) is 37.7 Å². The van der Waals surface area contributed by atoms with Gasteiger partial charge in [-0.05, 0) is 77.0 Å². The molecule has 3 nitrogen and oxygen atoms in total. The maximum atomic E-state index is 5.48. The maximum absolute atomic E-state index is 5.48. The lowest BCUT2D eigenvalue weighted by molar-refractivity contribution is 0.225. The molecule has 1 aromatic rings. The van der Waals surface area contributed by atoms with Crippen LogP contribution >= 0.6 is 0 Å². The predicted molar refractivity (Wildman–Crippen MR) is 88.9 cm³/mol. The van der Waals surface area contributed by atoms with Crippen molar-refractivity contribution < 1.29 is 4.74 Å². The molecule has 0 saturated carbocycles. The van der Waals surface area contributed by atoms with Gasteiger partial charge in [0.25, 0.3) is 0 Å². The van der Waals surface area contributed by atoms with Gasteiger partial charge < -0.3 is 15.0 Å². The normalized spacial score (nSPS) is 17.6. The summed E-state index contributed by atoms with van der Waals surface area (Å²) in [5, 5.41) is 3.62. The molecule has 118 valence electrons. The van der Waals surface area contributed by atoms with Gasteiger partial charge >= 0.3 is 0 Å². The molecule has 1 aliphatic rings. The van der Waals surface area contributed by atoms with E-state index in [0.717, 1.165) is 18.9 Å². The third-order valence-electron chi connectivity index (χ3n) is 4.24. The fourth-order valence-corrected chi connectivity index (χ4v) is 2.94. The molecule has 0 aromatic heterocycles. The largest absolute Gasteiger partial charge is 0.494 e. The lowest BCUT2D eigenvalue weighted by Gasteiger charge is -2.26. The van der Waals surface area contributed by atoms with E-state index >= 15 is 0 Å². The summed E-state index contributed by atoms with van der Waals surface area (Å²) in [6.45, 7) is 9.90. The number of hydrogen-bond donors (Lipinski definition) is 1. The summed E-state index contributed by atoms with van der Waals surface area (Å²) < 4.78 is 5.48. The smallest absolute Gasteiger partial charge is 0.119 e. The monoisotopic (exact) mass is 290 g/mol. The number of benzene rings is 1. The summed E-state index contributed by atoms with van der Waals surface area (Å²) >= 11 is 0. The summed E-state index contributed by atoms with van der Waals surface area (Å²) in [5.41, 5.74) is 1.33. The molecule has 2 rings (SSSR count). The Labute approximate surface area is 129 Å². The molecule has 3 heteroatoms. The van der Waals surface area contributed by atoms with Crippen LogP contribution in [0.1, 0.15) is 51.1 Å².